The van der Waals surface area contributed by atoms with Crippen LogP contribution in [-0.2, 0) is 0 Å². The van der Waals surface area contributed by atoms with E-state index in [1.165, 1.54) is 44.1 Å². The Bertz CT molecular complexity index is 192. The zero-order chi connectivity index (χ0) is 9.52. The third kappa shape index (κ3) is 3.63. The SMILES string of the molecule is C=C/C=C(\C=C)CC1CCCCC1. The molecule has 0 aromatic rings. The molecule has 0 bridgehead atoms. The highest BCUT2D eigenvalue weighted by Gasteiger charge is 2.13. The van der Waals surface area contributed by atoms with Crippen molar-refractivity contribution in [2.45, 2.75) is 38.5 Å². The Morgan fingerprint density at radius 3 is 2.38 bits per heavy atom. The third-order valence-electron chi connectivity index (χ3n) is 2.84. The van der Waals surface area contributed by atoms with Crippen molar-refractivity contribution in [2.75, 3.05) is 0 Å². The summed E-state index contributed by atoms with van der Waals surface area (Å²) in [5.41, 5.74) is 1.35. The van der Waals surface area contributed by atoms with Crippen LogP contribution in [0.4, 0.5) is 0 Å². The van der Waals surface area contributed by atoms with Gasteiger partial charge < -0.3 is 0 Å². The summed E-state index contributed by atoms with van der Waals surface area (Å²) in [7, 11) is 0. The Labute approximate surface area is 82.0 Å². The Morgan fingerprint density at radius 1 is 1.15 bits per heavy atom. The van der Waals surface area contributed by atoms with Gasteiger partial charge in [0.2, 0.25) is 0 Å². The van der Waals surface area contributed by atoms with Crippen molar-refractivity contribution in [3.63, 3.8) is 0 Å². The van der Waals surface area contributed by atoms with Gasteiger partial charge in [0.25, 0.3) is 0 Å². The predicted octanol–water partition coefficient (Wildman–Crippen LogP) is 4.26. The molecule has 0 radical (unpaired) electrons. The van der Waals surface area contributed by atoms with Gasteiger partial charge in [-0.25, -0.2) is 0 Å². The second-order valence-corrected chi connectivity index (χ2v) is 3.89. The quantitative estimate of drug-likeness (QED) is 0.561. The summed E-state index contributed by atoms with van der Waals surface area (Å²) in [5.74, 6) is 0.901. The molecular formula is C13H20. The molecule has 1 fully saturated rings. The fourth-order valence-electron chi connectivity index (χ4n) is 2.10. The first-order chi connectivity index (χ1) is 6.36. The first-order valence-electron chi connectivity index (χ1n) is 5.31. The Morgan fingerprint density at radius 2 is 1.85 bits per heavy atom. The first kappa shape index (κ1) is 10.3. The fraction of sp³-hybridized carbons (Fsp3) is 0.538. The Hall–Kier alpha value is -0.780. The minimum atomic E-state index is 0.901. The summed E-state index contributed by atoms with van der Waals surface area (Å²) < 4.78 is 0. The molecule has 0 saturated heterocycles. The molecule has 0 aromatic carbocycles. The molecule has 0 nitrogen and oxygen atoms in total. The van der Waals surface area contributed by atoms with Crippen LogP contribution in [0.1, 0.15) is 38.5 Å². The standard InChI is InChI=1S/C13H20/c1-3-8-12(4-2)11-13-9-6-5-7-10-13/h3-4,8,13H,1-2,5-7,9-11H2/b12-8+. The van der Waals surface area contributed by atoms with Crippen LogP contribution >= 0.6 is 0 Å². The highest BCUT2D eigenvalue weighted by molar-refractivity contribution is 5.21. The van der Waals surface area contributed by atoms with Crippen molar-refractivity contribution in [1.82, 2.24) is 0 Å². The molecular weight excluding hydrogens is 156 g/mol. The van der Waals surface area contributed by atoms with Gasteiger partial charge in [-0.3, -0.25) is 0 Å². The zero-order valence-corrected chi connectivity index (χ0v) is 8.47. The summed E-state index contributed by atoms with van der Waals surface area (Å²) in [5, 5.41) is 0. The molecule has 0 amide bonds. The smallest absolute Gasteiger partial charge is 0.0251 e. The number of hydrogen-bond donors (Lipinski definition) is 0. The molecule has 0 unspecified atom stereocenters. The summed E-state index contributed by atoms with van der Waals surface area (Å²) in [4.78, 5) is 0. The van der Waals surface area contributed by atoms with E-state index in [-0.39, 0.29) is 0 Å². The maximum Gasteiger partial charge on any atom is -0.0251 e. The molecule has 72 valence electrons. The normalized spacial score (nSPS) is 19.8. The zero-order valence-electron chi connectivity index (χ0n) is 8.47. The molecule has 1 saturated carbocycles. The lowest BCUT2D eigenvalue weighted by Crippen LogP contribution is -2.06. The molecule has 0 heterocycles. The van der Waals surface area contributed by atoms with Gasteiger partial charge in [-0.15, -0.1) is 0 Å². The first-order valence-corrected chi connectivity index (χ1v) is 5.31. The molecule has 1 aliphatic rings. The van der Waals surface area contributed by atoms with Crippen LogP contribution < -0.4 is 0 Å². The maximum atomic E-state index is 3.83. The molecule has 0 heteroatoms. The predicted molar refractivity (Wildman–Crippen MR) is 59.7 cm³/mol. The van der Waals surface area contributed by atoms with E-state index in [1.54, 1.807) is 0 Å². The average molecular weight is 176 g/mol. The van der Waals surface area contributed by atoms with Gasteiger partial charge in [0, 0.05) is 0 Å². The van der Waals surface area contributed by atoms with Crippen molar-refractivity contribution < 1.29 is 0 Å². The third-order valence-corrected chi connectivity index (χ3v) is 2.84. The van der Waals surface area contributed by atoms with Crippen LogP contribution in [0.3, 0.4) is 0 Å². The lowest BCUT2D eigenvalue weighted by molar-refractivity contribution is 0.358. The summed E-state index contributed by atoms with van der Waals surface area (Å²) >= 11 is 0. The van der Waals surface area contributed by atoms with E-state index < -0.39 is 0 Å². The van der Waals surface area contributed by atoms with Gasteiger partial charge in [-0.1, -0.05) is 63.5 Å². The Balaban J connectivity index is 2.40. The van der Waals surface area contributed by atoms with Gasteiger partial charge in [0.15, 0.2) is 0 Å². The Kier molecular flexibility index (Phi) is 4.59. The highest BCUT2D eigenvalue weighted by Crippen LogP contribution is 2.29. The topological polar surface area (TPSA) is 0 Å². The lowest BCUT2D eigenvalue weighted by Gasteiger charge is -2.21. The van der Waals surface area contributed by atoms with E-state index in [0.29, 0.717) is 0 Å². The maximum absolute atomic E-state index is 3.83. The van der Waals surface area contributed by atoms with Crippen molar-refractivity contribution in [3.05, 3.63) is 37.0 Å². The van der Waals surface area contributed by atoms with E-state index in [1.807, 2.05) is 12.2 Å². The molecule has 1 rings (SSSR count). The van der Waals surface area contributed by atoms with Gasteiger partial charge in [0.05, 0.1) is 0 Å². The van der Waals surface area contributed by atoms with Gasteiger partial charge in [0.1, 0.15) is 0 Å². The van der Waals surface area contributed by atoms with Crippen LogP contribution in [0, 0.1) is 5.92 Å². The van der Waals surface area contributed by atoms with Gasteiger partial charge >= 0.3 is 0 Å². The molecule has 0 aliphatic heterocycles. The number of hydrogen-bond acceptors (Lipinski definition) is 0. The summed E-state index contributed by atoms with van der Waals surface area (Å²) in [6.07, 6.45) is 14.2. The molecule has 0 N–H and O–H groups in total. The monoisotopic (exact) mass is 176 g/mol. The van der Waals surface area contributed by atoms with Crippen molar-refractivity contribution in [2.24, 2.45) is 5.92 Å². The summed E-state index contributed by atoms with van der Waals surface area (Å²) in [6, 6.07) is 0. The van der Waals surface area contributed by atoms with Crippen molar-refractivity contribution in [3.8, 4) is 0 Å². The highest BCUT2D eigenvalue weighted by atomic mass is 14.2. The van der Waals surface area contributed by atoms with Gasteiger partial charge in [-0.2, -0.15) is 0 Å². The van der Waals surface area contributed by atoms with E-state index >= 15 is 0 Å². The lowest BCUT2D eigenvalue weighted by atomic mass is 9.84. The van der Waals surface area contributed by atoms with Crippen LogP contribution in [0.2, 0.25) is 0 Å². The average Bonchev–Trinajstić information content (AvgIpc) is 2.19. The van der Waals surface area contributed by atoms with Crippen LogP contribution in [0.15, 0.2) is 37.0 Å². The second-order valence-electron chi connectivity index (χ2n) is 3.89. The number of allylic oxidation sites excluding steroid dienone is 4. The molecule has 13 heavy (non-hydrogen) atoms. The molecule has 1 aliphatic carbocycles. The van der Waals surface area contributed by atoms with Gasteiger partial charge in [-0.05, 0) is 17.9 Å². The minimum Gasteiger partial charge on any atom is -0.0991 e. The summed E-state index contributed by atoms with van der Waals surface area (Å²) in [6.45, 7) is 7.55. The van der Waals surface area contributed by atoms with E-state index in [0.717, 1.165) is 5.92 Å². The van der Waals surface area contributed by atoms with E-state index in [2.05, 4.69) is 19.2 Å². The van der Waals surface area contributed by atoms with Crippen molar-refractivity contribution in [1.29, 1.82) is 0 Å². The molecule has 0 spiro atoms. The minimum absolute atomic E-state index is 0.901. The fourth-order valence-corrected chi connectivity index (χ4v) is 2.10. The largest absolute Gasteiger partial charge is 0.0991 e. The second kappa shape index (κ2) is 5.80. The van der Waals surface area contributed by atoms with E-state index in [9.17, 15) is 0 Å². The van der Waals surface area contributed by atoms with Crippen molar-refractivity contribution >= 4 is 0 Å². The van der Waals surface area contributed by atoms with Crippen LogP contribution in [0.25, 0.3) is 0 Å². The van der Waals surface area contributed by atoms with Crippen LogP contribution in [-0.4, -0.2) is 0 Å². The van der Waals surface area contributed by atoms with Crippen LogP contribution in [0.5, 0.6) is 0 Å². The molecule has 0 atom stereocenters. The molecule has 0 aromatic heterocycles. The van der Waals surface area contributed by atoms with E-state index in [4.69, 9.17) is 0 Å². The number of rotatable bonds is 4.